The molecule has 4 heterocycles. The van der Waals surface area contributed by atoms with Crippen LogP contribution in [0.15, 0.2) is 53.7 Å². The first-order valence-electron chi connectivity index (χ1n) is 13.2. The fourth-order valence-electron chi connectivity index (χ4n) is 4.86. The Hall–Kier alpha value is -3.62. The second-order valence-electron chi connectivity index (χ2n) is 9.65. The normalized spacial score (nSPS) is 17.1. The summed E-state index contributed by atoms with van der Waals surface area (Å²) in [5.41, 5.74) is 10.0. The van der Waals surface area contributed by atoms with Crippen molar-refractivity contribution in [2.75, 3.05) is 68.3 Å². The second kappa shape index (κ2) is 11.5. The number of thiazole rings is 1. The molecule has 0 bridgehead atoms. The smallest absolute Gasteiger partial charge is 0.245 e. The fraction of sp³-hybridized carbons (Fsp3) is 0.296. The number of aromatic nitrogens is 3. The monoisotopic (exact) mass is 577 g/mol. The summed E-state index contributed by atoms with van der Waals surface area (Å²) in [4.78, 5) is 15.7. The van der Waals surface area contributed by atoms with Crippen LogP contribution in [0.4, 0.5) is 22.5 Å². The molecular formula is C27H31N9O2S2. The Kier molecular flexibility index (Phi) is 7.63. The zero-order valence-electron chi connectivity index (χ0n) is 21.9. The van der Waals surface area contributed by atoms with E-state index in [-0.39, 0.29) is 0 Å². The number of piperazine rings is 2. The molecule has 2 aliphatic rings. The molecule has 0 spiro atoms. The van der Waals surface area contributed by atoms with E-state index < -0.39 is 10.0 Å². The molecule has 13 heteroatoms. The van der Waals surface area contributed by atoms with Gasteiger partial charge in [0.1, 0.15) is 4.90 Å². The first-order valence-corrected chi connectivity index (χ1v) is 15.5. The van der Waals surface area contributed by atoms with Crippen LogP contribution in [0.2, 0.25) is 0 Å². The number of fused-ring (bicyclic) bond motifs is 1. The van der Waals surface area contributed by atoms with Crippen LogP contribution in [0.3, 0.4) is 0 Å². The van der Waals surface area contributed by atoms with E-state index in [9.17, 15) is 8.42 Å². The zero-order chi connectivity index (χ0) is 27.5. The molecule has 2 saturated heterocycles. The Morgan fingerprint density at radius 2 is 1.60 bits per heavy atom. The van der Waals surface area contributed by atoms with Crippen LogP contribution in [-0.2, 0) is 10.0 Å². The van der Waals surface area contributed by atoms with Gasteiger partial charge in [0.15, 0.2) is 5.13 Å². The van der Waals surface area contributed by atoms with Crippen LogP contribution in [-0.4, -0.2) is 80.0 Å². The minimum Gasteiger partial charge on any atom is -0.375 e. The van der Waals surface area contributed by atoms with Crippen molar-refractivity contribution in [3.63, 3.8) is 0 Å². The van der Waals surface area contributed by atoms with Gasteiger partial charge in [0.25, 0.3) is 0 Å². The SMILES string of the molecule is Nc1nc2ccc(/C=C/c3cnc(Nc4ccc(S(=O)(=O)N5CCNCC5)c(N5CCNCC5)c4)nc3)cc2s1. The van der Waals surface area contributed by atoms with Gasteiger partial charge in [0.05, 0.1) is 15.9 Å². The Balaban J connectivity index is 1.21. The van der Waals surface area contributed by atoms with Crippen molar-refractivity contribution >= 4 is 66.2 Å². The third kappa shape index (κ3) is 5.78. The molecule has 2 aromatic heterocycles. The number of hydrogen-bond acceptors (Lipinski definition) is 11. The Morgan fingerprint density at radius 1 is 0.900 bits per heavy atom. The predicted molar refractivity (Wildman–Crippen MR) is 161 cm³/mol. The van der Waals surface area contributed by atoms with Crippen LogP contribution in [0, 0.1) is 0 Å². The van der Waals surface area contributed by atoms with Crippen molar-refractivity contribution in [3.8, 4) is 0 Å². The lowest BCUT2D eigenvalue weighted by Gasteiger charge is -2.33. The van der Waals surface area contributed by atoms with Gasteiger partial charge in [-0.25, -0.2) is 23.4 Å². The number of anilines is 4. The van der Waals surface area contributed by atoms with Crippen LogP contribution in [0.5, 0.6) is 0 Å². The molecule has 208 valence electrons. The van der Waals surface area contributed by atoms with Gasteiger partial charge in [-0.2, -0.15) is 4.31 Å². The summed E-state index contributed by atoms with van der Waals surface area (Å²) in [7, 11) is -3.62. The molecule has 0 amide bonds. The second-order valence-corrected chi connectivity index (χ2v) is 12.6. The van der Waals surface area contributed by atoms with E-state index in [1.54, 1.807) is 28.8 Å². The molecule has 0 aliphatic carbocycles. The summed E-state index contributed by atoms with van der Waals surface area (Å²) >= 11 is 1.47. The number of nitrogen functional groups attached to an aromatic ring is 1. The van der Waals surface area contributed by atoms with Gasteiger partial charge in [-0.15, -0.1) is 0 Å². The van der Waals surface area contributed by atoms with E-state index in [4.69, 9.17) is 5.73 Å². The van der Waals surface area contributed by atoms with Crippen molar-refractivity contribution in [1.82, 2.24) is 29.9 Å². The lowest BCUT2D eigenvalue weighted by molar-refractivity contribution is 0.360. The molecular weight excluding hydrogens is 546 g/mol. The summed E-state index contributed by atoms with van der Waals surface area (Å²) < 4.78 is 29.8. The van der Waals surface area contributed by atoms with Crippen molar-refractivity contribution in [3.05, 3.63) is 59.9 Å². The topological polar surface area (TPSA) is 141 Å². The largest absolute Gasteiger partial charge is 0.375 e. The molecule has 4 aromatic rings. The zero-order valence-corrected chi connectivity index (χ0v) is 23.5. The lowest BCUT2D eigenvalue weighted by Crippen LogP contribution is -2.47. The van der Waals surface area contributed by atoms with Crippen molar-refractivity contribution in [2.45, 2.75) is 4.90 Å². The fourth-order valence-corrected chi connectivity index (χ4v) is 7.28. The number of hydrogen-bond donors (Lipinski definition) is 4. The van der Waals surface area contributed by atoms with Crippen molar-refractivity contribution < 1.29 is 8.42 Å². The number of benzene rings is 2. The Labute approximate surface area is 237 Å². The minimum atomic E-state index is -3.62. The van der Waals surface area contributed by atoms with E-state index in [2.05, 4.69) is 41.9 Å². The number of rotatable bonds is 7. The molecule has 40 heavy (non-hydrogen) atoms. The predicted octanol–water partition coefficient (Wildman–Crippen LogP) is 2.59. The highest BCUT2D eigenvalue weighted by Gasteiger charge is 2.30. The lowest BCUT2D eigenvalue weighted by atomic mass is 10.2. The molecule has 0 saturated carbocycles. The molecule has 0 atom stereocenters. The Morgan fingerprint density at radius 3 is 2.35 bits per heavy atom. The standard InChI is InChI=1S/C27H31N9O2S2/c28-26-34-22-5-3-19(15-24(22)39-26)1-2-20-17-31-27(32-18-20)33-21-4-6-25(23(16-21)35-11-7-29-8-12-35)40(37,38)36-13-9-30-10-14-36/h1-6,15-18,29-30H,7-14H2,(H2,28,34)(H,31,32,33)/b2-1+. The maximum absolute atomic E-state index is 13.6. The highest BCUT2D eigenvalue weighted by Crippen LogP contribution is 2.32. The van der Waals surface area contributed by atoms with E-state index in [1.807, 2.05) is 30.4 Å². The van der Waals surface area contributed by atoms with Crippen molar-refractivity contribution in [2.24, 2.45) is 0 Å². The molecule has 5 N–H and O–H groups in total. The number of nitrogens with one attached hydrogen (secondary N) is 3. The molecule has 2 aliphatic heterocycles. The average Bonchev–Trinajstić information content (AvgIpc) is 3.37. The van der Waals surface area contributed by atoms with E-state index in [1.165, 1.54) is 11.3 Å². The van der Waals surface area contributed by atoms with Crippen LogP contribution >= 0.6 is 11.3 Å². The van der Waals surface area contributed by atoms with Gasteiger partial charge in [-0.3, -0.25) is 0 Å². The maximum Gasteiger partial charge on any atom is 0.245 e. The molecule has 0 unspecified atom stereocenters. The third-order valence-electron chi connectivity index (χ3n) is 6.94. The van der Waals surface area contributed by atoms with Gasteiger partial charge in [-0.1, -0.05) is 29.6 Å². The summed E-state index contributed by atoms with van der Waals surface area (Å²) in [5.74, 6) is 0.433. The van der Waals surface area contributed by atoms with Crippen molar-refractivity contribution in [1.29, 1.82) is 0 Å². The first-order chi connectivity index (χ1) is 19.5. The van der Waals surface area contributed by atoms with Crippen LogP contribution in [0.25, 0.3) is 22.4 Å². The molecule has 2 aromatic carbocycles. The van der Waals surface area contributed by atoms with Gasteiger partial charge < -0.3 is 26.6 Å². The van der Waals surface area contributed by atoms with E-state index >= 15 is 0 Å². The van der Waals surface area contributed by atoms with Gasteiger partial charge in [-0.05, 0) is 35.9 Å². The summed E-state index contributed by atoms with van der Waals surface area (Å²) in [6.07, 6.45) is 7.44. The van der Waals surface area contributed by atoms with E-state index in [0.717, 1.165) is 53.2 Å². The molecule has 2 fully saturated rings. The highest BCUT2D eigenvalue weighted by atomic mass is 32.2. The first kappa shape index (κ1) is 26.6. The van der Waals surface area contributed by atoms with E-state index in [0.29, 0.717) is 47.8 Å². The Bertz CT molecular complexity index is 1630. The summed E-state index contributed by atoms with van der Waals surface area (Å²) in [6.45, 7) is 5.30. The number of sulfonamides is 1. The summed E-state index contributed by atoms with van der Waals surface area (Å²) in [5, 5.41) is 10.4. The summed E-state index contributed by atoms with van der Waals surface area (Å²) in [6, 6.07) is 11.4. The van der Waals surface area contributed by atoms with Gasteiger partial charge in [0, 0.05) is 76.0 Å². The number of nitrogens with two attached hydrogens (primary N) is 1. The quantitative estimate of drug-likeness (QED) is 0.259. The number of nitrogens with zero attached hydrogens (tertiary/aromatic N) is 5. The van der Waals surface area contributed by atoms with Gasteiger partial charge >= 0.3 is 0 Å². The molecule has 6 rings (SSSR count). The van der Waals surface area contributed by atoms with Crippen LogP contribution < -0.4 is 26.6 Å². The average molecular weight is 578 g/mol. The molecule has 11 nitrogen and oxygen atoms in total. The maximum atomic E-state index is 13.6. The third-order valence-corrected chi connectivity index (χ3v) is 9.73. The van der Waals surface area contributed by atoms with Gasteiger partial charge in [0.2, 0.25) is 16.0 Å². The minimum absolute atomic E-state index is 0.336. The molecule has 0 radical (unpaired) electrons. The highest BCUT2D eigenvalue weighted by molar-refractivity contribution is 7.89. The van der Waals surface area contributed by atoms with Crippen LogP contribution in [0.1, 0.15) is 11.1 Å².